The zero-order valence-corrected chi connectivity index (χ0v) is 14.1. The van der Waals surface area contributed by atoms with E-state index in [9.17, 15) is 9.90 Å². The predicted molar refractivity (Wildman–Crippen MR) is 86.1 cm³/mol. The number of fused-ring (bicyclic) bond motifs is 5. The van der Waals surface area contributed by atoms with E-state index in [1.807, 2.05) is 0 Å². The second-order valence-electron chi connectivity index (χ2n) is 9.25. The molecule has 0 bridgehead atoms. The molecular formula is C19H31NO2. The Morgan fingerprint density at radius 2 is 1.91 bits per heavy atom. The first kappa shape index (κ1) is 15.1. The molecule has 0 spiro atoms. The van der Waals surface area contributed by atoms with Crippen molar-refractivity contribution in [3.05, 3.63) is 0 Å². The third-order valence-electron chi connectivity index (χ3n) is 8.47. The topological polar surface area (TPSA) is 63.3 Å². The monoisotopic (exact) mass is 305 g/mol. The highest BCUT2D eigenvalue weighted by Crippen LogP contribution is 2.65. The van der Waals surface area contributed by atoms with Crippen molar-refractivity contribution in [1.29, 1.82) is 0 Å². The van der Waals surface area contributed by atoms with Crippen molar-refractivity contribution >= 4 is 5.78 Å². The van der Waals surface area contributed by atoms with E-state index in [4.69, 9.17) is 5.73 Å². The molecule has 4 rings (SSSR count). The minimum absolute atomic E-state index is 0.0310. The largest absolute Gasteiger partial charge is 0.391 e. The van der Waals surface area contributed by atoms with Gasteiger partial charge < -0.3 is 10.8 Å². The quantitative estimate of drug-likeness (QED) is 0.723. The molecule has 0 aromatic carbocycles. The molecule has 0 aromatic rings. The van der Waals surface area contributed by atoms with Gasteiger partial charge in [-0.1, -0.05) is 13.8 Å². The molecule has 124 valence electrons. The smallest absolute Gasteiger partial charge is 0.139 e. The van der Waals surface area contributed by atoms with Crippen molar-refractivity contribution in [2.24, 2.45) is 40.2 Å². The number of nitrogens with two attached hydrogens (primary N) is 1. The molecule has 3 nitrogen and oxygen atoms in total. The maximum Gasteiger partial charge on any atom is 0.139 e. The molecule has 4 aliphatic carbocycles. The zero-order chi connectivity index (χ0) is 15.7. The molecule has 3 N–H and O–H groups in total. The van der Waals surface area contributed by atoms with Gasteiger partial charge in [0.15, 0.2) is 0 Å². The number of Topliss-reactive ketones (excluding diaryl/α,β-unsaturated/α-hetero) is 1. The Morgan fingerprint density at radius 1 is 1.14 bits per heavy atom. The van der Waals surface area contributed by atoms with E-state index in [2.05, 4.69) is 13.8 Å². The van der Waals surface area contributed by atoms with E-state index in [0.717, 1.165) is 32.1 Å². The molecule has 0 saturated heterocycles. The van der Waals surface area contributed by atoms with Crippen LogP contribution >= 0.6 is 0 Å². The van der Waals surface area contributed by atoms with Gasteiger partial charge in [-0.05, 0) is 74.0 Å². The van der Waals surface area contributed by atoms with Crippen molar-refractivity contribution in [2.75, 3.05) is 0 Å². The predicted octanol–water partition coefficient (Wildman–Crippen LogP) is 2.90. The van der Waals surface area contributed by atoms with Crippen LogP contribution in [0.1, 0.15) is 65.2 Å². The summed E-state index contributed by atoms with van der Waals surface area (Å²) in [5.74, 6) is 3.19. The van der Waals surface area contributed by atoms with E-state index in [1.165, 1.54) is 19.3 Å². The van der Waals surface area contributed by atoms with Crippen LogP contribution in [0, 0.1) is 34.5 Å². The standard InChI is InChI=1S/C19H31NO2/c1-18-8-7-14-12(13(18)5-6-17(18)22)4-3-11-9-15(20)16(21)10-19(11,14)2/h11-16,21H,3-10,20H2,1-2H3/t11-,12-,13-,14-,15-,16-,18+,19+/m0/s1. The lowest BCUT2D eigenvalue weighted by molar-refractivity contribution is -0.145. The van der Waals surface area contributed by atoms with E-state index in [0.29, 0.717) is 29.5 Å². The minimum atomic E-state index is -0.335. The molecule has 0 unspecified atom stereocenters. The van der Waals surface area contributed by atoms with Gasteiger partial charge in [0.1, 0.15) is 5.78 Å². The van der Waals surface area contributed by atoms with Gasteiger partial charge in [0, 0.05) is 17.9 Å². The normalized spacial score (nSPS) is 57.9. The summed E-state index contributed by atoms with van der Waals surface area (Å²) in [4.78, 5) is 12.4. The molecule has 3 heteroatoms. The summed E-state index contributed by atoms with van der Waals surface area (Å²) in [6.07, 6.45) is 8.22. The van der Waals surface area contributed by atoms with Crippen LogP contribution in [0.25, 0.3) is 0 Å². The van der Waals surface area contributed by atoms with Gasteiger partial charge >= 0.3 is 0 Å². The average molecular weight is 305 g/mol. The van der Waals surface area contributed by atoms with Gasteiger partial charge in [-0.15, -0.1) is 0 Å². The summed E-state index contributed by atoms with van der Waals surface area (Å²) in [5, 5.41) is 10.4. The summed E-state index contributed by atoms with van der Waals surface area (Å²) in [5.41, 5.74) is 6.35. The lowest BCUT2D eigenvalue weighted by Crippen LogP contribution is -2.58. The van der Waals surface area contributed by atoms with E-state index in [-0.39, 0.29) is 23.0 Å². The number of ketones is 1. The summed E-state index contributed by atoms with van der Waals surface area (Å²) in [6.45, 7) is 4.66. The van der Waals surface area contributed by atoms with Crippen LogP contribution in [-0.4, -0.2) is 23.0 Å². The molecule has 0 aromatic heterocycles. The maximum absolute atomic E-state index is 12.4. The van der Waals surface area contributed by atoms with Crippen LogP contribution in [0.2, 0.25) is 0 Å². The lowest BCUT2D eigenvalue weighted by Gasteiger charge is -2.60. The molecule has 22 heavy (non-hydrogen) atoms. The molecular weight excluding hydrogens is 274 g/mol. The Bertz CT molecular complexity index is 492. The molecule has 8 atom stereocenters. The van der Waals surface area contributed by atoms with Crippen LogP contribution in [0.3, 0.4) is 0 Å². The highest BCUT2D eigenvalue weighted by molar-refractivity contribution is 5.87. The number of carbonyl (C=O) groups excluding carboxylic acids is 1. The van der Waals surface area contributed by atoms with E-state index < -0.39 is 0 Å². The number of hydrogen-bond acceptors (Lipinski definition) is 3. The lowest BCUT2D eigenvalue weighted by atomic mass is 9.45. The van der Waals surface area contributed by atoms with Crippen molar-refractivity contribution in [3.8, 4) is 0 Å². The van der Waals surface area contributed by atoms with Crippen LogP contribution in [-0.2, 0) is 4.79 Å². The van der Waals surface area contributed by atoms with E-state index in [1.54, 1.807) is 0 Å². The van der Waals surface area contributed by atoms with Crippen molar-refractivity contribution in [2.45, 2.75) is 77.4 Å². The molecule has 4 aliphatic rings. The highest BCUT2D eigenvalue weighted by atomic mass is 16.3. The Morgan fingerprint density at radius 3 is 2.68 bits per heavy atom. The first-order valence-electron chi connectivity index (χ1n) is 9.33. The molecule has 0 amide bonds. The summed E-state index contributed by atoms with van der Waals surface area (Å²) in [7, 11) is 0. The zero-order valence-electron chi connectivity index (χ0n) is 14.1. The van der Waals surface area contributed by atoms with Crippen LogP contribution in [0.15, 0.2) is 0 Å². The van der Waals surface area contributed by atoms with Gasteiger partial charge in [-0.2, -0.15) is 0 Å². The summed E-state index contributed by atoms with van der Waals surface area (Å²) >= 11 is 0. The van der Waals surface area contributed by atoms with Gasteiger partial charge in [-0.25, -0.2) is 0 Å². The number of aliphatic hydroxyl groups excluding tert-OH is 1. The molecule has 0 heterocycles. The molecule has 0 aliphatic heterocycles. The van der Waals surface area contributed by atoms with Gasteiger partial charge in [0.05, 0.1) is 6.10 Å². The van der Waals surface area contributed by atoms with Gasteiger partial charge in [0.25, 0.3) is 0 Å². The Kier molecular flexibility index (Phi) is 3.30. The number of aliphatic hydroxyl groups is 1. The van der Waals surface area contributed by atoms with Crippen LogP contribution in [0.5, 0.6) is 0 Å². The SMILES string of the molecule is C[C@@]12C[C@H](O)[C@@H](N)C[C@@H]1CC[C@@H]1[C@@H]2CC[C@@]2(C)C(=O)CC[C@@H]12. The Labute approximate surface area is 134 Å². The number of rotatable bonds is 0. The highest BCUT2D eigenvalue weighted by Gasteiger charge is 2.60. The third kappa shape index (κ3) is 1.84. The summed E-state index contributed by atoms with van der Waals surface area (Å²) in [6, 6.07) is -0.0310. The fraction of sp³-hybridized carbons (Fsp3) is 0.947. The second-order valence-corrected chi connectivity index (χ2v) is 9.25. The van der Waals surface area contributed by atoms with Crippen LogP contribution in [0.4, 0.5) is 0 Å². The fourth-order valence-electron chi connectivity index (χ4n) is 7.10. The minimum Gasteiger partial charge on any atom is -0.391 e. The average Bonchev–Trinajstić information content (AvgIpc) is 2.77. The van der Waals surface area contributed by atoms with Crippen molar-refractivity contribution in [1.82, 2.24) is 0 Å². The number of hydrogen-bond donors (Lipinski definition) is 2. The third-order valence-corrected chi connectivity index (χ3v) is 8.47. The van der Waals surface area contributed by atoms with Gasteiger partial charge in [-0.3, -0.25) is 4.79 Å². The van der Waals surface area contributed by atoms with E-state index >= 15 is 0 Å². The molecule has 0 radical (unpaired) electrons. The molecule has 4 fully saturated rings. The number of carbonyl (C=O) groups is 1. The van der Waals surface area contributed by atoms with Crippen LogP contribution < -0.4 is 5.73 Å². The Hall–Kier alpha value is -0.410. The van der Waals surface area contributed by atoms with Crippen molar-refractivity contribution < 1.29 is 9.90 Å². The first-order chi connectivity index (χ1) is 10.4. The summed E-state index contributed by atoms with van der Waals surface area (Å²) < 4.78 is 0. The second kappa shape index (κ2) is 4.80. The molecule has 4 saturated carbocycles. The Balaban J connectivity index is 1.65. The van der Waals surface area contributed by atoms with Gasteiger partial charge in [0.2, 0.25) is 0 Å². The fourth-order valence-corrected chi connectivity index (χ4v) is 7.10. The first-order valence-corrected chi connectivity index (χ1v) is 9.33. The van der Waals surface area contributed by atoms with Crippen molar-refractivity contribution in [3.63, 3.8) is 0 Å². The maximum atomic E-state index is 12.4.